The number of rotatable bonds is 8. The molecule has 1 heterocycles. The van der Waals surface area contributed by atoms with E-state index in [0.29, 0.717) is 28.8 Å². The van der Waals surface area contributed by atoms with Crippen molar-refractivity contribution in [1.29, 1.82) is 0 Å². The number of carbonyl (C=O) groups is 2. The zero-order valence-corrected chi connectivity index (χ0v) is 16.3. The molecule has 1 aliphatic heterocycles. The predicted octanol–water partition coefficient (Wildman–Crippen LogP) is 4.32. The van der Waals surface area contributed by atoms with E-state index in [1.807, 2.05) is 37.3 Å². The van der Waals surface area contributed by atoms with Gasteiger partial charge in [-0.25, -0.2) is 0 Å². The zero-order chi connectivity index (χ0) is 18.2. The van der Waals surface area contributed by atoms with Gasteiger partial charge in [-0.2, -0.15) is 0 Å². The van der Waals surface area contributed by atoms with Crippen LogP contribution in [0.25, 0.3) is 6.08 Å². The van der Waals surface area contributed by atoms with Crippen molar-refractivity contribution in [2.45, 2.75) is 39.5 Å². The summed E-state index contributed by atoms with van der Waals surface area (Å²) in [4.78, 5) is 26.1. The lowest BCUT2D eigenvalue weighted by Gasteiger charge is -2.13. The summed E-state index contributed by atoms with van der Waals surface area (Å²) in [6.07, 6.45) is 4.78. The van der Waals surface area contributed by atoms with Gasteiger partial charge < -0.3 is 4.74 Å². The highest BCUT2D eigenvalue weighted by Crippen LogP contribution is 2.32. The highest BCUT2D eigenvalue weighted by molar-refractivity contribution is 8.26. The molecule has 1 amide bonds. The number of thiocarbonyl (C=S) groups is 1. The Bertz CT molecular complexity index is 668. The highest BCUT2D eigenvalue weighted by atomic mass is 32.2. The molecule has 25 heavy (non-hydrogen) atoms. The molecule has 0 atom stereocenters. The lowest BCUT2D eigenvalue weighted by atomic mass is 10.1. The van der Waals surface area contributed by atoms with Crippen LogP contribution in [-0.2, 0) is 14.3 Å². The van der Waals surface area contributed by atoms with Gasteiger partial charge in [-0.3, -0.25) is 14.5 Å². The second kappa shape index (κ2) is 9.73. The van der Waals surface area contributed by atoms with Crippen molar-refractivity contribution >= 4 is 46.3 Å². The molecular formula is C19H23NO3S2. The number of unbranched alkanes of at least 4 members (excludes halogenated alkanes) is 2. The van der Waals surface area contributed by atoms with Crippen molar-refractivity contribution < 1.29 is 14.3 Å². The average molecular weight is 378 g/mol. The van der Waals surface area contributed by atoms with Crippen molar-refractivity contribution in [2.75, 3.05) is 13.2 Å². The molecule has 0 unspecified atom stereocenters. The molecule has 1 aromatic carbocycles. The number of carbonyl (C=O) groups excluding carboxylic acids is 2. The Morgan fingerprint density at radius 3 is 2.64 bits per heavy atom. The molecule has 6 heteroatoms. The van der Waals surface area contributed by atoms with Crippen molar-refractivity contribution in [3.63, 3.8) is 0 Å². The van der Waals surface area contributed by atoms with Gasteiger partial charge in [-0.05, 0) is 38.3 Å². The Hall–Kier alpha value is -1.66. The SMILES string of the molecule is CCOC(=O)CCCCCN1C(=O)C(=Cc2ccc(C)cc2)SC1=S. The Morgan fingerprint density at radius 1 is 1.24 bits per heavy atom. The third-order valence-electron chi connectivity index (χ3n) is 3.82. The molecule has 2 rings (SSSR count). The van der Waals surface area contributed by atoms with Crippen LogP contribution in [0, 0.1) is 6.92 Å². The van der Waals surface area contributed by atoms with Crippen LogP contribution in [0.15, 0.2) is 29.2 Å². The molecule has 1 aliphatic rings. The summed E-state index contributed by atoms with van der Waals surface area (Å²) in [5, 5.41) is 0. The van der Waals surface area contributed by atoms with E-state index in [9.17, 15) is 9.59 Å². The molecule has 0 bridgehead atoms. The fourth-order valence-electron chi connectivity index (χ4n) is 2.46. The summed E-state index contributed by atoms with van der Waals surface area (Å²) in [5.74, 6) is -0.185. The van der Waals surface area contributed by atoms with Crippen LogP contribution in [0.1, 0.15) is 43.7 Å². The number of hydrogen-bond acceptors (Lipinski definition) is 5. The summed E-state index contributed by atoms with van der Waals surface area (Å²) in [7, 11) is 0. The monoisotopic (exact) mass is 377 g/mol. The average Bonchev–Trinajstić information content (AvgIpc) is 2.84. The second-order valence-electron chi connectivity index (χ2n) is 5.86. The first kappa shape index (κ1) is 19.7. The zero-order valence-electron chi connectivity index (χ0n) is 14.6. The van der Waals surface area contributed by atoms with Crippen LogP contribution in [0.3, 0.4) is 0 Å². The van der Waals surface area contributed by atoms with Crippen molar-refractivity contribution in [3.05, 3.63) is 40.3 Å². The van der Waals surface area contributed by atoms with Gasteiger partial charge in [0.25, 0.3) is 5.91 Å². The molecule has 0 spiro atoms. The Morgan fingerprint density at radius 2 is 1.96 bits per heavy atom. The summed E-state index contributed by atoms with van der Waals surface area (Å²) in [6, 6.07) is 8.04. The molecule has 0 aromatic heterocycles. The minimum atomic E-state index is -0.158. The van der Waals surface area contributed by atoms with Gasteiger partial charge in [0.15, 0.2) is 0 Å². The van der Waals surface area contributed by atoms with Crippen molar-refractivity contribution in [1.82, 2.24) is 4.90 Å². The summed E-state index contributed by atoms with van der Waals surface area (Å²) in [5.41, 5.74) is 2.19. The fourth-order valence-corrected chi connectivity index (χ4v) is 3.76. The first-order chi connectivity index (χ1) is 12.0. The van der Waals surface area contributed by atoms with Crippen LogP contribution in [0.5, 0.6) is 0 Å². The smallest absolute Gasteiger partial charge is 0.305 e. The molecule has 0 N–H and O–H groups in total. The molecule has 1 saturated heterocycles. The van der Waals surface area contributed by atoms with Gasteiger partial charge in [0, 0.05) is 13.0 Å². The predicted molar refractivity (Wildman–Crippen MR) is 106 cm³/mol. The largest absolute Gasteiger partial charge is 0.466 e. The van der Waals surface area contributed by atoms with E-state index in [0.717, 1.165) is 24.8 Å². The van der Waals surface area contributed by atoms with Crippen LogP contribution in [0.2, 0.25) is 0 Å². The normalized spacial score (nSPS) is 15.9. The number of amides is 1. The molecular weight excluding hydrogens is 354 g/mol. The summed E-state index contributed by atoms with van der Waals surface area (Å²) in [6.45, 7) is 4.85. The molecule has 1 fully saturated rings. The van der Waals surface area contributed by atoms with E-state index in [1.54, 1.807) is 11.8 Å². The maximum absolute atomic E-state index is 12.5. The van der Waals surface area contributed by atoms with Crippen molar-refractivity contribution in [2.24, 2.45) is 0 Å². The van der Waals surface area contributed by atoms with Gasteiger partial charge in [-0.1, -0.05) is 60.2 Å². The third-order valence-corrected chi connectivity index (χ3v) is 5.19. The summed E-state index contributed by atoms with van der Waals surface area (Å²) < 4.78 is 5.50. The standard InChI is InChI=1S/C19H23NO3S2/c1-3-23-17(21)7-5-4-6-12-20-18(22)16(25-19(20)24)13-15-10-8-14(2)9-11-15/h8-11,13H,3-7,12H2,1-2H3. The van der Waals surface area contributed by atoms with Gasteiger partial charge in [0.2, 0.25) is 0 Å². The summed E-state index contributed by atoms with van der Waals surface area (Å²) >= 11 is 6.69. The Kier molecular flexibility index (Phi) is 7.65. The van der Waals surface area contributed by atoms with Gasteiger partial charge in [0.1, 0.15) is 4.32 Å². The quantitative estimate of drug-likeness (QED) is 0.292. The van der Waals surface area contributed by atoms with Crippen LogP contribution in [0.4, 0.5) is 0 Å². The first-order valence-electron chi connectivity index (χ1n) is 8.49. The highest BCUT2D eigenvalue weighted by Gasteiger charge is 2.31. The van der Waals surface area contributed by atoms with Gasteiger partial charge in [-0.15, -0.1) is 0 Å². The molecule has 0 radical (unpaired) electrons. The van der Waals surface area contributed by atoms with E-state index >= 15 is 0 Å². The minimum absolute atomic E-state index is 0.0269. The van der Waals surface area contributed by atoms with E-state index < -0.39 is 0 Å². The van der Waals surface area contributed by atoms with Gasteiger partial charge >= 0.3 is 5.97 Å². The van der Waals surface area contributed by atoms with Crippen molar-refractivity contribution in [3.8, 4) is 0 Å². The number of esters is 1. The molecule has 4 nitrogen and oxygen atoms in total. The van der Waals surface area contributed by atoms with Gasteiger partial charge in [0.05, 0.1) is 11.5 Å². The number of benzene rings is 1. The topological polar surface area (TPSA) is 46.6 Å². The molecule has 0 saturated carbocycles. The van der Waals surface area contributed by atoms with Crippen LogP contribution in [-0.4, -0.2) is 34.2 Å². The first-order valence-corrected chi connectivity index (χ1v) is 9.71. The fraction of sp³-hybridized carbons (Fsp3) is 0.421. The second-order valence-corrected chi connectivity index (χ2v) is 7.54. The van der Waals surface area contributed by atoms with E-state index in [2.05, 4.69) is 0 Å². The number of aryl methyl sites for hydroxylation is 1. The van der Waals surface area contributed by atoms with E-state index in [-0.39, 0.29) is 11.9 Å². The molecule has 134 valence electrons. The maximum atomic E-state index is 12.5. The van der Waals surface area contributed by atoms with E-state index in [1.165, 1.54) is 17.3 Å². The minimum Gasteiger partial charge on any atom is -0.466 e. The lowest BCUT2D eigenvalue weighted by Crippen LogP contribution is -2.29. The third kappa shape index (κ3) is 5.97. The lowest BCUT2D eigenvalue weighted by molar-refractivity contribution is -0.143. The number of thioether (sulfide) groups is 1. The Labute approximate surface area is 158 Å². The Balaban J connectivity index is 1.82. The molecule has 0 aliphatic carbocycles. The number of nitrogens with zero attached hydrogens (tertiary/aromatic N) is 1. The van der Waals surface area contributed by atoms with Crippen LogP contribution < -0.4 is 0 Å². The number of ether oxygens (including phenoxy) is 1. The molecule has 1 aromatic rings. The number of hydrogen-bond donors (Lipinski definition) is 0. The van der Waals surface area contributed by atoms with E-state index in [4.69, 9.17) is 17.0 Å². The van der Waals surface area contributed by atoms with Crippen LogP contribution >= 0.6 is 24.0 Å². The maximum Gasteiger partial charge on any atom is 0.305 e.